The minimum atomic E-state index is -1.70. The van der Waals surface area contributed by atoms with Crippen molar-refractivity contribution in [3.63, 3.8) is 0 Å². The summed E-state index contributed by atoms with van der Waals surface area (Å²) in [6.07, 6.45) is -5.09. The minimum absolute atomic E-state index is 0.415. The Morgan fingerprint density at radius 2 is 2.00 bits per heavy atom. The van der Waals surface area contributed by atoms with E-state index in [1.54, 1.807) is 0 Å². The van der Waals surface area contributed by atoms with E-state index in [0.29, 0.717) is 0 Å². The number of ether oxygens (including phenoxy) is 2. The van der Waals surface area contributed by atoms with Crippen molar-refractivity contribution in [1.29, 1.82) is 0 Å². The zero-order chi connectivity index (χ0) is 20.0. The highest BCUT2D eigenvalue weighted by molar-refractivity contribution is 5.85. The molecule has 0 aromatic rings. The second-order valence-corrected chi connectivity index (χ2v) is 5.34. The zero-order valence-corrected chi connectivity index (χ0v) is 13.7. The summed E-state index contributed by atoms with van der Waals surface area (Å²) in [5, 5.41) is 30.8. The van der Waals surface area contributed by atoms with Gasteiger partial charge in [0.05, 0.1) is 18.7 Å². The van der Waals surface area contributed by atoms with Crippen LogP contribution in [0.1, 0.15) is 6.92 Å². The highest BCUT2D eigenvalue weighted by Gasteiger charge is 2.46. The van der Waals surface area contributed by atoms with E-state index in [0.717, 1.165) is 13.0 Å². The number of amides is 2. The van der Waals surface area contributed by atoms with Crippen LogP contribution in [0.5, 0.6) is 0 Å². The third-order valence-corrected chi connectivity index (χ3v) is 3.33. The molecular formula is C13H21N5O8. The second kappa shape index (κ2) is 8.87. The molecule has 0 saturated heterocycles. The number of carboxylic acids is 1. The molecule has 13 heteroatoms. The molecule has 0 saturated carbocycles. The van der Waals surface area contributed by atoms with Gasteiger partial charge in [-0.2, -0.15) is 0 Å². The van der Waals surface area contributed by atoms with Crippen molar-refractivity contribution in [2.24, 2.45) is 22.2 Å². The summed E-state index contributed by atoms with van der Waals surface area (Å²) in [6.45, 7) is 0.288. The quantitative estimate of drug-likeness (QED) is 0.170. The lowest BCUT2D eigenvalue weighted by Crippen LogP contribution is -2.61. The number of aliphatic hydroxyl groups is 2. The molecule has 0 radical (unpaired) electrons. The van der Waals surface area contributed by atoms with Crippen LogP contribution in [0.3, 0.4) is 0 Å². The number of nitrogens with zero attached hydrogens (tertiary/aromatic N) is 1. The Morgan fingerprint density at radius 3 is 2.42 bits per heavy atom. The Bertz CT molecular complexity index is 618. The van der Waals surface area contributed by atoms with Gasteiger partial charge in [0.15, 0.2) is 18.2 Å². The molecule has 146 valence electrons. The number of aliphatic carboxylic acids is 1. The molecule has 0 bridgehead atoms. The molecule has 1 aliphatic heterocycles. The average Bonchev–Trinajstić information content (AvgIpc) is 2.52. The van der Waals surface area contributed by atoms with Gasteiger partial charge in [0, 0.05) is 6.92 Å². The van der Waals surface area contributed by atoms with Gasteiger partial charge in [-0.15, -0.1) is 0 Å². The average molecular weight is 375 g/mol. The van der Waals surface area contributed by atoms with E-state index in [1.165, 1.54) is 0 Å². The van der Waals surface area contributed by atoms with Crippen molar-refractivity contribution in [3.05, 3.63) is 11.8 Å². The smallest absolute Gasteiger partial charge is 0.405 e. The van der Waals surface area contributed by atoms with Crippen molar-refractivity contribution in [2.75, 3.05) is 6.61 Å². The van der Waals surface area contributed by atoms with E-state index in [1.807, 2.05) is 0 Å². The first-order chi connectivity index (χ1) is 12.1. The van der Waals surface area contributed by atoms with Gasteiger partial charge in [0.1, 0.15) is 6.10 Å². The molecule has 10 N–H and O–H groups in total. The first kappa shape index (κ1) is 21.0. The van der Waals surface area contributed by atoms with Gasteiger partial charge in [-0.1, -0.05) is 0 Å². The van der Waals surface area contributed by atoms with Crippen LogP contribution in [-0.2, 0) is 19.1 Å². The largest absolute Gasteiger partial charge is 0.477 e. The lowest BCUT2D eigenvalue weighted by Gasteiger charge is -2.39. The molecule has 0 aliphatic carbocycles. The summed E-state index contributed by atoms with van der Waals surface area (Å²) >= 11 is 0. The van der Waals surface area contributed by atoms with Crippen molar-refractivity contribution in [1.82, 2.24) is 5.32 Å². The summed E-state index contributed by atoms with van der Waals surface area (Å²) in [6, 6.07) is -2.28. The van der Waals surface area contributed by atoms with Gasteiger partial charge < -0.3 is 47.3 Å². The van der Waals surface area contributed by atoms with Gasteiger partial charge >= 0.3 is 12.1 Å². The van der Waals surface area contributed by atoms with Crippen molar-refractivity contribution in [2.45, 2.75) is 37.3 Å². The van der Waals surface area contributed by atoms with Crippen LogP contribution in [0.15, 0.2) is 16.8 Å². The highest BCUT2D eigenvalue weighted by atomic mass is 16.6. The van der Waals surface area contributed by atoms with Gasteiger partial charge in [-0.3, -0.25) is 4.79 Å². The van der Waals surface area contributed by atoms with E-state index in [9.17, 15) is 29.7 Å². The lowest BCUT2D eigenvalue weighted by atomic mass is 9.92. The standard InChI is InChI=1S/C13H21N5O8/c1-4(20)17-8-5(18-12(14)15)2-7(11(22)23)25-10(8)9(6(21)3-19)26-13(16)24/h2,5-6,8-10,19,21H,3H2,1H3,(H2,16,24)(H,17,20)(H,22,23)(H4,14,15,18)/t5-,6+,8-,9+,10+/m0/s1. The molecule has 13 nitrogen and oxygen atoms in total. The van der Waals surface area contributed by atoms with Crippen molar-refractivity contribution in [3.8, 4) is 0 Å². The summed E-state index contributed by atoms with van der Waals surface area (Å²) in [5.74, 6) is -3.09. The van der Waals surface area contributed by atoms with Crippen LogP contribution >= 0.6 is 0 Å². The molecule has 0 unspecified atom stereocenters. The van der Waals surface area contributed by atoms with Crippen LogP contribution < -0.4 is 22.5 Å². The predicted octanol–water partition coefficient (Wildman–Crippen LogP) is -3.68. The molecule has 2 amide bonds. The van der Waals surface area contributed by atoms with E-state index in [-0.39, 0.29) is 0 Å². The van der Waals surface area contributed by atoms with Gasteiger partial charge in [-0.05, 0) is 6.08 Å². The molecule has 0 aromatic heterocycles. The third kappa shape index (κ3) is 5.49. The molecule has 0 aromatic carbocycles. The number of nitrogens with one attached hydrogen (secondary N) is 1. The molecule has 0 spiro atoms. The number of primary amides is 1. The first-order valence-electron chi connectivity index (χ1n) is 7.29. The number of aliphatic imine (C=N–C) groups is 1. The summed E-state index contributed by atoms with van der Waals surface area (Å²) < 4.78 is 10.0. The monoisotopic (exact) mass is 375 g/mol. The first-order valence-corrected chi connectivity index (χ1v) is 7.29. The van der Waals surface area contributed by atoms with Crippen LogP contribution in [0, 0.1) is 0 Å². The normalized spacial score (nSPS) is 24.3. The van der Waals surface area contributed by atoms with Crippen molar-refractivity contribution >= 4 is 23.9 Å². The number of carbonyl (C=O) groups excluding carboxylic acids is 2. The summed E-state index contributed by atoms with van der Waals surface area (Å²) in [5.41, 5.74) is 15.6. The Kier molecular flexibility index (Phi) is 7.16. The topological polar surface area (TPSA) is 233 Å². The number of hydrogen-bond acceptors (Lipinski definition) is 8. The van der Waals surface area contributed by atoms with Crippen molar-refractivity contribution < 1.29 is 39.2 Å². The lowest BCUT2D eigenvalue weighted by molar-refractivity contribution is -0.145. The number of nitrogens with two attached hydrogens (primary N) is 3. The minimum Gasteiger partial charge on any atom is -0.477 e. The third-order valence-electron chi connectivity index (χ3n) is 3.33. The van der Waals surface area contributed by atoms with E-state index < -0.39 is 66.7 Å². The highest BCUT2D eigenvalue weighted by Crippen LogP contribution is 2.26. The van der Waals surface area contributed by atoms with E-state index >= 15 is 0 Å². The molecule has 1 rings (SSSR count). The number of carbonyl (C=O) groups is 3. The maximum Gasteiger partial charge on any atom is 0.405 e. The summed E-state index contributed by atoms with van der Waals surface area (Å²) in [4.78, 5) is 37.8. The number of carboxylic acid groups (broad SMARTS) is 1. The molecule has 26 heavy (non-hydrogen) atoms. The number of guanidine groups is 1. The Morgan fingerprint density at radius 1 is 1.38 bits per heavy atom. The van der Waals surface area contributed by atoms with Gasteiger partial charge in [0.2, 0.25) is 11.7 Å². The molecule has 1 heterocycles. The Balaban J connectivity index is 3.43. The number of rotatable bonds is 7. The maximum atomic E-state index is 11.5. The van der Waals surface area contributed by atoms with Crippen LogP contribution in [0.4, 0.5) is 4.79 Å². The van der Waals surface area contributed by atoms with Gasteiger partial charge in [0.25, 0.3) is 0 Å². The van der Waals surface area contributed by atoms with E-state index in [2.05, 4.69) is 10.3 Å². The summed E-state index contributed by atoms with van der Waals surface area (Å²) in [7, 11) is 0. The van der Waals surface area contributed by atoms with Crippen LogP contribution in [0.2, 0.25) is 0 Å². The van der Waals surface area contributed by atoms with Crippen LogP contribution in [0.25, 0.3) is 0 Å². The number of aliphatic hydroxyl groups excluding tert-OH is 2. The van der Waals surface area contributed by atoms with E-state index in [4.69, 9.17) is 26.7 Å². The fraction of sp³-hybridized carbons (Fsp3) is 0.538. The molecule has 0 fully saturated rings. The molecule has 5 atom stereocenters. The Labute approximate surface area is 147 Å². The Hall–Kier alpha value is -3.06. The number of hydrogen-bond donors (Lipinski definition) is 7. The second-order valence-electron chi connectivity index (χ2n) is 5.34. The SMILES string of the molecule is CC(=O)N[C@@H]1[C@H]([C@H](OC(N)=O)[C@H](O)CO)OC(C(=O)O)=C[C@@H]1N=C(N)N. The van der Waals surface area contributed by atoms with Gasteiger partial charge in [-0.25, -0.2) is 14.6 Å². The molecular weight excluding hydrogens is 354 g/mol. The fourth-order valence-corrected chi connectivity index (χ4v) is 2.40. The zero-order valence-electron chi connectivity index (χ0n) is 13.7. The van der Waals surface area contributed by atoms with Crippen LogP contribution in [-0.4, -0.2) is 76.3 Å². The molecule has 1 aliphatic rings. The maximum absolute atomic E-state index is 11.5. The predicted molar refractivity (Wildman–Crippen MR) is 85.3 cm³/mol. The fourth-order valence-electron chi connectivity index (χ4n) is 2.40.